The molecule has 1 atom stereocenters. The molecule has 4 aromatic rings. The van der Waals surface area contributed by atoms with Crippen LogP contribution in [0.2, 0.25) is 0 Å². The number of aromatic nitrogens is 8. The number of hydrogen-bond donors (Lipinski definition) is 1. The number of benzene rings is 2. The second kappa shape index (κ2) is 7.74. The fourth-order valence-corrected chi connectivity index (χ4v) is 2.86. The van der Waals surface area contributed by atoms with Gasteiger partial charge in [-0.25, -0.2) is 4.68 Å². The molecule has 0 aliphatic rings. The van der Waals surface area contributed by atoms with Gasteiger partial charge in [0.05, 0.1) is 12.2 Å². The lowest BCUT2D eigenvalue weighted by atomic mass is 10.1. The normalized spacial score (nSPS) is 11.9. The van der Waals surface area contributed by atoms with Crippen molar-refractivity contribution in [3.05, 3.63) is 77.9 Å². The van der Waals surface area contributed by atoms with Crippen molar-refractivity contribution in [3.8, 4) is 5.69 Å². The smallest absolute Gasteiger partial charge is 0.249 e. The van der Waals surface area contributed by atoms with Gasteiger partial charge in [-0.05, 0) is 45.5 Å². The van der Waals surface area contributed by atoms with E-state index < -0.39 is 6.04 Å². The molecule has 140 valence electrons. The third-order valence-corrected chi connectivity index (χ3v) is 4.22. The summed E-state index contributed by atoms with van der Waals surface area (Å²) >= 11 is 0. The minimum Gasteiger partial charge on any atom is -0.347 e. The van der Waals surface area contributed by atoms with E-state index in [0.29, 0.717) is 11.6 Å². The van der Waals surface area contributed by atoms with Crippen LogP contribution in [0.1, 0.15) is 23.3 Å². The molecule has 1 amide bonds. The monoisotopic (exact) mass is 375 g/mol. The number of amides is 1. The Balaban J connectivity index is 1.57. The van der Waals surface area contributed by atoms with Crippen LogP contribution < -0.4 is 5.32 Å². The molecule has 0 saturated heterocycles. The number of aryl methyl sites for hydroxylation is 1. The molecule has 1 unspecified atom stereocenters. The zero-order chi connectivity index (χ0) is 19.3. The summed E-state index contributed by atoms with van der Waals surface area (Å²) in [5.74, 6) is 0.794. The van der Waals surface area contributed by atoms with Crippen LogP contribution in [0.25, 0.3) is 5.69 Å². The zero-order valence-electron chi connectivity index (χ0n) is 15.0. The van der Waals surface area contributed by atoms with E-state index in [1.165, 1.54) is 4.68 Å². The Morgan fingerprint density at radius 3 is 2.32 bits per heavy atom. The molecule has 2 heterocycles. The highest BCUT2D eigenvalue weighted by atomic mass is 16.2. The molecule has 0 saturated carbocycles. The molecule has 4 rings (SSSR count). The Morgan fingerprint density at radius 1 is 0.964 bits per heavy atom. The van der Waals surface area contributed by atoms with Crippen LogP contribution in [-0.2, 0) is 11.3 Å². The van der Waals surface area contributed by atoms with Crippen LogP contribution >= 0.6 is 0 Å². The molecule has 1 N–H and O–H groups in total. The maximum atomic E-state index is 13.0. The molecule has 2 aromatic heterocycles. The maximum absolute atomic E-state index is 13.0. The van der Waals surface area contributed by atoms with Crippen LogP contribution in [0.3, 0.4) is 0 Å². The highest BCUT2D eigenvalue weighted by Gasteiger charge is 2.26. The molecule has 2 aromatic carbocycles. The van der Waals surface area contributed by atoms with Gasteiger partial charge in [-0.3, -0.25) is 4.79 Å². The standard InChI is InChI=1S/C18H17N9O/c1-13-20-22-24-26(13)17(14-8-4-2-5-9-14)18(28)19-12-16-21-23-25-27(16)15-10-6-3-7-11-15/h2-11,17H,12H2,1H3,(H,19,28). The van der Waals surface area contributed by atoms with Gasteiger partial charge in [-0.2, -0.15) is 4.68 Å². The first-order chi connectivity index (χ1) is 13.7. The molecule has 10 nitrogen and oxygen atoms in total. The van der Waals surface area contributed by atoms with Crippen molar-refractivity contribution in [3.63, 3.8) is 0 Å². The summed E-state index contributed by atoms with van der Waals surface area (Å²) in [6, 6.07) is 18.1. The van der Waals surface area contributed by atoms with Crippen LogP contribution in [0.15, 0.2) is 60.7 Å². The van der Waals surface area contributed by atoms with E-state index in [-0.39, 0.29) is 12.5 Å². The van der Waals surface area contributed by atoms with E-state index in [9.17, 15) is 4.79 Å². The average molecular weight is 375 g/mol. The third-order valence-electron chi connectivity index (χ3n) is 4.22. The van der Waals surface area contributed by atoms with E-state index >= 15 is 0 Å². The minimum absolute atomic E-state index is 0.158. The topological polar surface area (TPSA) is 116 Å². The van der Waals surface area contributed by atoms with E-state index in [2.05, 4.69) is 36.4 Å². The Kier molecular flexibility index (Phi) is 4.83. The first kappa shape index (κ1) is 17.5. The van der Waals surface area contributed by atoms with Crippen LogP contribution in [0.5, 0.6) is 0 Å². The van der Waals surface area contributed by atoms with Crippen LogP contribution in [-0.4, -0.2) is 46.3 Å². The number of nitrogens with zero attached hydrogens (tertiary/aromatic N) is 8. The van der Waals surface area contributed by atoms with E-state index in [4.69, 9.17) is 0 Å². The summed E-state index contributed by atoms with van der Waals surface area (Å²) in [6.45, 7) is 1.91. The lowest BCUT2D eigenvalue weighted by molar-refractivity contribution is -0.123. The highest BCUT2D eigenvalue weighted by Crippen LogP contribution is 2.18. The van der Waals surface area contributed by atoms with Crippen molar-refractivity contribution < 1.29 is 4.79 Å². The van der Waals surface area contributed by atoms with Crippen LogP contribution in [0.4, 0.5) is 0 Å². The van der Waals surface area contributed by atoms with Crippen molar-refractivity contribution >= 4 is 5.91 Å². The predicted molar refractivity (Wildman–Crippen MR) is 98.1 cm³/mol. The van der Waals surface area contributed by atoms with Crippen molar-refractivity contribution in [1.82, 2.24) is 45.7 Å². The van der Waals surface area contributed by atoms with Gasteiger partial charge in [0.15, 0.2) is 11.9 Å². The molecule has 0 fully saturated rings. The Bertz CT molecular complexity index is 1060. The number of carbonyl (C=O) groups is 1. The molecule has 0 radical (unpaired) electrons. The number of tetrazole rings is 2. The summed E-state index contributed by atoms with van der Waals surface area (Å²) < 4.78 is 3.07. The molecule has 28 heavy (non-hydrogen) atoms. The second-order valence-corrected chi connectivity index (χ2v) is 6.04. The summed E-state index contributed by atoms with van der Waals surface area (Å²) in [4.78, 5) is 13.0. The van der Waals surface area contributed by atoms with Gasteiger partial charge >= 0.3 is 0 Å². The summed E-state index contributed by atoms with van der Waals surface area (Å²) in [7, 11) is 0. The molecule has 0 spiro atoms. The lowest BCUT2D eigenvalue weighted by Crippen LogP contribution is -2.34. The third kappa shape index (κ3) is 3.47. The van der Waals surface area contributed by atoms with Gasteiger partial charge in [0.2, 0.25) is 5.91 Å². The van der Waals surface area contributed by atoms with Gasteiger partial charge in [0.25, 0.3) is 0 Å². The van der Waals surface area contributed by atoms with E-state index in [1.807, 2.05) is 60.7 Å². The Hall–Kier alpha value is -3.95. The van der Waals surface area contributed by atoms with Gasteiger partial charge in [0.1, 0.15) is 5.82 Å². The minimum atomic E-state index is -0.697. The first-order valence-corrected chi connectivity index (χ1v) is 8.64. The number of para-hydroxylation sites is 1. The Labute approximate surface area is 160 Å². The molecule has 0 aliphatic heterocycles. The van der Waals surface area contributed by atoms with Gasteiger partial charge in [-0.15, -0.1) is 10.2 Å². The van der Waals surface area contributed by atoms with Crippen LogP contribution in [0, 0.1) is 6.92 Å². The fraction of sp³-hybridized carbons (Fsp3) is 0.167. The summed E-state index contributed by atoms with van der Waals surface area (Å²) in [6.07, 6.45) is 0. The zero-order valence-corrected chi connectivity index (χ0v) is 15.0. The number of nitrogens with one attached hydrogen (secondary N) is 1. The SMILES string of the molecule is Cc1nnnn1C(C(=O)NCc1nnnn1-c1ccccc1)c1ccccc1. The molecule has 0 bridgehead atoms. The highest BCUT2D eigenvalue weighted by molar-refractivity contribution is 5.83. The number of carbonyl (C=O) groups excluding carboxylic acids is 1. The van der Waals surface area contributed by atoms with Crippen molar-refractivity contribution in [2.24, 2.45) is 0 Å². The molecular weight excluding hydrogens is 358 g/mol. The maximum Gasteiger partial charge on any atom is 0.249 e. The lowest BCUT2D eigenvalue weighted by Gasteiger charge is -2.17. The van der Waals surface area contributed by atoms with Gasteiger partial charge in [0, 0.05) is 0 Å². The average Bonchev–Trinajstić information content (AvgIpc) is 3.37. The van der Waals surface area contributed by atoms with Crippen molar-refractivity contribution in [2.75, 3.05) is 0 Å². The molecular formula is C18H17N9O. The molecule has 10 heteroatoms. The number of hydrogen-bond acceptors (Lipinski definition) is 7. The van der Waals surface area contributed by atoms with Gasteiger partial charge in [-0.1, -0.05) is 48.5 Å². The van der Waals surface area contributed by atoms with Gasteiger partial charge < -0.3 is 5.32 Å². The molecule has 0 aliphatic carbocycles. The number of rotatable bonds is 6. The van der Waals surface area contributed by atoms with E-state index in [1.54, 1.807) is 11.6 Å². The summed E-state index contributed by atoms with van der Waals surface area (Å²) in [5.41, 5.74) is 1.59. The fourth-order valence-electron chi connectivity index (χ4n) is 2.86. The quantitative estimate of drug-likeness (QED) is 0.531. The van der Waals surface area contributed by atoms with E-state index in [0.717, 1.165) is 11.3 Å². The Morgan fingerprint density at radius 2 is 1.64 bits per heavy atom. The first-order valence-electron chi connectivity index (χ1n) is 8.64. The second-order valence-electron chi connectivity index (χ2n) is 6.04. The van der Waals surface area contributed by atoms with Crippen molar-refractivity contribution in [1.29, 1.82) is 0 Å². The largest absolute Gasteiger partial charge is 0.347 e. The van der Waals surface area contributed by atoms with Crippen molar-refractivity contribution in [2.45, 2.75) is 19.5 Å². The predicted octanol–water partition coefficient (Wildman–Crippen LogP) is 0.863. The summed E-state index contributed by atoms with van der Waals surface area (Å²) in [5, 5.41) is 26.2.